The highest BCUT2D eigenvalue weighted by Gasteiger charge is 2.14. The first-order valence-electron chi connectivity index (χ1n) is 5.61. The summed E-state index contributed by atoms with van der Waals surface area (Å²) in [5.41, 5.74) is 2.73. The van der Waals surface area contributed by atoms with E-state index >= 15 is 0 Å². The van der Waals surface area contributed by atoms with Crippen molar-refractivity contribution in [3.63, 3.8) is 0 Å². The highest BCUT2D eigenvalue weighted by molar-refractivity contribution is 6.05. The Morgan fingerprint density at radius 3 is 2.44 bits per heavy atom. The second kappa shape index (κ2) is 4.87. The number of aryl methyl sites for hydroxylation is 2. The Hall–Kier alpha value is -2.36. The Bertz CT molecular complexity index is 574. The van der Waals surface area contributed by atoms with E-state index in [4.69, 9.17) is 0 Å². The molecule has 0 radical (unpaired) electrons. The topological polar surface area (TPSA) is 62.2 Å². The molecule has 0 saturated heterocycles. The first-order valence-corrected chi connectivity index (χ1v) is 5.61. The molecule has 1 aromatic heterocycles. The molecule has 0 saturated carbocycles. The van der Waals surface area contributed by atoms with Crippen LogP contribution in [0.2, 0.25) is 0 Å². The predicted molar refractivity (Wildman–Crippen MR) is 69.8 cm³/mol. The zero-order chi connectivity index (χ0) is 13.1. The maximum absolute atomic E-state index is 12.0. The number of para-hydroxylation sites is 1. The average Bonchev–Trinajstić information content (AvgIpc) is 2.34. The smallest absolute Gasteiger partial charge is 0.278 e. The monoisotopic (exact) mass is 242 g/mol. The van der Waals surface area contributed by atoms with Crippen LogP contribution >= 0.6 is 0 Å². The summed E-state index contributed by atoms with van der Waals surface area (Å²) in [4.78, 5) is 15.9. The van der Waals surface area contributed by atoms with Crippen molar-refractivity contribution in [1.82, 2.24) is 4.98 Å². The molecule has 0 aliphatic heterocycles. The maximum Gasteiger partial charge on any atom is 0.278 e. The molecule has 0 atom stereocenters. The lowest BCUT2D eigenvalue weighted by molar-refractivity contribution is 0.101. The van der Waals surface area contributed by atoms with Gasteiger partial charge in [-0.1, -0.05) is 18.2 Å². The lowest BCUT2D eigenvalue weighted by atomic mass is 10.1. The van der Waals surface area contributed by atoms with Gasteiger partial charge in [0.05, 0.1) is 0 Å². The maximum atomic E-state index is 12.0. The lowest BCUT2D eigenvalue weighted by Gasteiger charge is -2.11. The Labute approximate surface area is 105 Å². The molecule has 0 fully saturated rings. The van der Waals surface area contributed by atoms with Gasteiger partial charge in [-0.05, 0) is 37.1 Å². The van der Waals surface area contributed by atoms with Crippen molar-refractivity contribution in [3.8, 4) is 5.75 Å². The number of amides is 1. The minimum atomic E-state index is -0.412. The van der Waals surface area contributed by atoms with Gasteiger partial charge in [0.25, 0.3) is 5.91 Å². The molecule has 0 aliphatic carbocycles. The molecule has 4 heteroatoms. The quantitative estimate of drug-likeness (QED) is 0.851. The van der Waals surface area contributed by atoms with E-state index in [0.717, 1.165) is 16.8 Å². The van der Waals surface area contributed by atoms with Crippen molar-refractivity contribution in [1.29, 1.82) is 0 Å². The second-order valence-electron chi connectivity index (χ2n) is 4.09. The van der Waals surface area contributed by atoms with Crippen LogP contribution in [0.25, 0.3) is 0 Å². The van der Waals surface area contributed by atoms with Gasteiger partial charge in [-0.25, -0.2) is 4.98 Å². The minimum Gasteiger partial charge on any atom is -0.505 e. The molecule has 0 bridgehead atoms. The van der Waals surface area contributed by atoms with Crippen molar-refractivity contribution in [2.45, 2.75) is 13.8 Å². The Balaban J connectivity index is 2.30. The number of carbonyl (C=O) groups is 1. The van der Waals surface area contributed by atoms with E-state index in [9.17, 15) is 9.90 Å². The molecule has 92 valence electrons. The molecule has 0 aliphatic rings. The third kappa shape index (κ3) is 2.32. The summed E-state index contributed by atoms with van der Waals surface area (Å²) in [7, 11) is 0. The summed E-state index contributed by atoms with van der Waals surface area (Å²) in [5, 5.41) is 12.3. The van der Waals surface area contributed by atoms with Crippen LogP contribution < -0.4 is 5.32 Å². The van der Waals surface area contributed by atoms with Crippen LogP contribution in [0.15, 0.2) is 36.5 Å². The summed E-state index contributed by atoms with van der Waals surface area (Å²) in [6, 6.07) is 8.78. The highest BCUT2D eigenvalue weighted by atomic mass is 16.3. The molecule has 18 heavy (non-hydrogen) atoms. The van der Waals surface area contributed by atoms with Crippen LogP contribution in [0, 0.1) is 13.8 Å². The molecule has 1 heterocycles. The first kappa shape index (κ1) is 12.1. The van der Waals surface area contributed by atoms with Gasteiger partial charge in [0.1, 0.15) is 5.75 Å². The third-order valence-corrected chi connectivity index (χ3v) is 2.72. The molecule has 2 N–H and O–H groups in total. The molecular weight excluding hydrogens is 228 g/mol. The van der Waals surface area contributed by atoms with Gasteiger partial charge in [0.2, 0.25) is 0 Å². The van der Waals surface area contributed by atoms with Crippen molar-refractivity contribution in [2.24, 2.45) is 0 Å². The molecule has 2 aromatic rings. The number of benzene rings is 1. The third-order valence-electron chi connectivity index (χ3n) is 2.72. The van der Waals surface area contributed by atoms with E-state index in [0.29, 0.717) is 0 Å². The molecule has 4 nitrogen and oxygen atoms in total. The molecule has 0 unspecified atom stereocenters. The van der Waals surface area contributed by atoms with Crippen LogP contribution in [0.4, 0.5) is 5.69 Å². The SMILES string of the molecule is Cc1cccc(C)c1NC(=O)c1ncccc1O. The molecule has 1 aromatic carbocycles. The summed E-state index contributed by atoms with van der Waals surface area (Å²) >= 11 is 0. The number of hydrogen-bond donors (Lipinski definition) is 2. The zero-order valence-electron chi connectivity index (χ0n) is 10.3. The number of aromatic nitrogens is 1. The number of nitrogens with one attached hydrogen (secondary N) is 1. The number of carbonyl (C=O) groups excluding carboxylic acids is 1. The van der Waals surface area contributed by atoms with Crippen molar-refractivity contribution >= 4 is 11.6 Å². The molecular formula is C14H14N2O2. The van der Waals surface area contributed by atoms with Crippen molar-refractivity contribution in [2.75, 3.05) is 5.32 Å². The Kier molecular flexibility index (Phi) is 3.28. The average molecular weight is 242 g/mol. The lowest BCUT2D eigenvalue weighted by Crippen LogP contribution is -2.15. The van der Waals surface area contributed by atoms with Gasteiger partial charge < -0.3 is 10.4 Å². The van der Waals surface area contributed by atoms with Gasteiger partial charge in [-0.15, -0.1) is 0 Å². The van der Waals surface area contributed by atoms with Crippen LogP contribution in [0.1, 0.15) is 21.6 Å². The van der Waals surface area contributed by atoms with Gasteiger partial charge in [-0.3, -0.25) is 4.79 Å². The number of anilines is 1. The molecule has 2 rings (SSSR count). The standard InChI is InChI=1S/C14H14N2O2/c1-9-5-3-6-10(2)12(9)16-14(18)13-11(17)7-4-8-15-13/h3-8,17H,1-2H3,(H,16,18). The zero-order valence-corrected chi connectivity index (χ0v) is 10.3. The summed E-state index contributed by atoms with van der Waals surface area (Å²) in [6.45, 7) is 3.84. The molecule has 1 amide bonds. The summed E-state index contributed by atoms with van der Waals surface area (Å²) < 4.78 is 0. The summed E-state index contributed by atoms with van der Waals surface area (Å²) in [6.07, 6.45) is 1.47. The van der Waals surface area contributed by atoms with E-state index in [1.54, 1.807) is 6.07 Å². The summed E-state index contributed by atoms with van der Waals surface area (Å²) in [5.74, 6) is -0.535. The number of nitrogens with zero attached hydrogens (tertiary/aromatic N) is 1. The van der Waals surface area contributed by atoms with Crippen LogP contribution in [0.5, 0.6) is 5.75 Å². The molecule has 0 spiro atoms. The number of aromatic hydroxyl groups is 1. The van der Waals surface area contributed by atoms with E-state index in [2.05, 4.69) is 10.3 Å². The first-order chi connectivity index (χ1) is 8.59. The van der Waals surface area contributed by atoms with Gasteiger partial charge in [0, 0.05) is 11.9 Å². The van der Waals surface area contributed by atoms with Gasteiger partial charge in [0.15, 0.2) is 5.69 Å². The van der Waals surface area contributed by atoms with Crippen molar-refractivity contribution < 1.29 is 9.90 Å². The number of rotatable bonds is 2. The number of pyridine rings is 1. The Morgan fingerprint density at radius 2 is 1.83 bits per heavy atom. The largest absolute Gasteiger partial charge is 0.505 e. The van der Waals surface area contributed by atoms with Crippen LogP contribution in [0.3, 0.4) is 0 Å². The fourth-order valence-corrected chi connectivity index (χ4v) is 1.76. The van der Waals surface area contributed by atoms with E-state index in [1.807, 2.05) is 32.0 Å². The van der Waals surface area contributed by atoms with Crippen LogP contribution in [-0.4, -0.2) is 16.0 Å². The van der Waals surface area contributed by atoms with Gasteiger partial charge >= 0.3 is 0 Å². The van der Waals surface area contributed by atoms with Crippen molar-refractivity contribution in [3.05, 3.63) is 53.3 Å². The minimum absolute atomic E-state index is 0.0279. The van der Waals surface area contributed by atoms with Crippen LogP contribution in [-0.2, 0) is 0 Å². The van der Waals surface area contributed by atoms with E-state index in [-0.39, 0.29) is 11.4 Å². The fourth-order valence-electron chi connectivity index (χ4n) is 1.76. The predicted octanol–water partition coefficient (Wildman–Crippen LogP) is 2.66. The Morgan fingerprint density at radius 1 is 1.17 bits per heavy atom. The second-order valence-corrected chi connectivity index (χ2v) is 4.09. The fraction of sp³-hybridized carbons (Fsp3) is 0.143. The van der Waals surface area contributed by atoms with E-state index < -0.39 is 5.91 Å². The highest BCUT2D eigenvalue weighted by Crippen LogP contribution is 2.21. The number of hydrogen-bond acceptors (Lipinski definition) is 3. The normalized spacial score (nSPS) is 10.1. The van der Waals surface area contributed by atoms with E-state index in [1.165, 1.54) is 12.3 Å². The van der Waals surface area contributed by atoms with Gasteiger partial charge in [-0.2, -0.15) is 0 Å².